The Morgan fingerprint density at radius 1 is 1.38 bits per heavy atom. The van der Waals surface area contributed by atoms with Crippen molar-refractivity contribution < 1.29 is 9.90 Å². The van der Waals surface area contributed by atoms with E-state index in [9.17, 15) is 9.90 Å². The van der Waals surface area contributed by atoms with Crippen molar-refractivity contribution in [1.29, 1.82) is 5.26 Å². The van der Waals surface area contributed by atoms with E-state index >= 15 is 0 Å². The number of nitrogens with two attached hydrogens (primary N) is 1. The van der Waals surface area contributed by atoms with Crippen molar-refractivity contribution >= 4 is 11.7 Å². The molecule has 21 heavy (non-hydrogen) atoms. The second-order valence-corrected chi connectivity index (χ2v) is 4.16. The number of hydrogen-bond donors (Lipinski definition) is 5. The van der Waals surface area contributed by atoms with Gasteiger partial charge in [0.15, 0.2) is 0 Å². The summed E-state index contributed by atoms with van der Waals surface area (Å²) in [4.78, 5) is 11.5. The van der Waals surface area contributed by atoms with Crippen LogP contribution in [0.1, 0.15) is 0 Å². The molecular formula is C14H13N5O2. The largest absolute Gasteiger partial charge is 0.477 e. The molecule has 1 aromatic rings. The number of carboxylic acid groups (broad SMARTS) is 1. The first kappa shape index (κ1) is 14.2. The topological polar surface area (TPSA) is 123 Å². The number of carbonyl (C=O) groups is 1. The summed E-state index contributed by atoms with van der Waals surface area (Å²) in [5.41, 5.74) is 3.10. The summed E-state index contributed by atoms with van der Waals surface area (Å²) < 4.78 is 0. The van der Waals surface area contributed by atoms with Crippen molar-refractivity contribution in [3.05, 3.63) is 65.3 Å². The summed E-state index contributed by atoms with van der Waals surface area (Å²) in [5.74, 6) is 4.32. The van der Waals surface area contributed by atoms with Gasteiger partial charge in [-0.25, -0.2) is 4.79 Å². The molecule has 0 aliphatic carbocycles. The Balaban J connectivity index is 2.54. The van der Waals surface area contributed by atoms with E-state index in [1.807, 2.05) is 12.1 Å². The number of nitrogens with one attached hydrogen (secondary N) is 3. The minimum absolute atomic E-state index is 0.00665. The van der Waals surface area contributed by atoms with Crippen molar-refractivity contribution in [3.63, 3.8) is 0 Å². The summed E-state index contributed by atoms with van der Waals surface area (Å²) >= 11 is 0. The Morgan fingerprint density at radius 2 is 2.05 bits per heavy atom. The van der Waals surface area contributed by atoms with Gasteiger partial charge in [-0.15, -0.1) is 0 Å². The van der Waals surface area contributed by atoms with Crippen LogP contribution in [0.4, 0.5) is 5.69 Å². The molecule has 106 valence electrons. The first-order valence-corrected chi connectivity index (χ1v) is 5.95. The van der Waals surface area contributed by atoms with E-state index in [4.69, 9.17) is 11.1 Å². The highest BCUT2D eigenvalue weighted by atomic mass is 16.4. The van der Waals surface area contributed by atoms with Crippen molar-refractivity contribution in [3.8, 4) is 6.07 Å². The fourth-order valence-corrected chi connectivity index (χ4v) is 1.92. The van der Waals surface area contributed by atoms with Gasteiger partial charge in [0.1, 0.15) is 23.0 Å². The van der Waals surface area contributed by atoms with Gasteiger partial charge < -0.3 is 21.2 Å². The van der Waals surface area contributed by atoms with Gasteiger partial charge in [-0.2, -0.15) is 5.26 Å². The maximum absolute atomic E-state index is 11.5. The van der Waals surface area contributed by atoms with Crippen LogP contribution in [0.3, 0.4) is 0 Å². The lowest BCUT2D eigenvalue weighted by atomic mass is 10.0. The maximum atomic E-state index is 11.5. The van der Waals surface area contributed by atoms with E-state index < -0.39 is 5.97 Å². The number of dihydropyridines is 1. The molecule has 6 N–H and O–H groups in total. The van der Waals surface area contributed by atoms with E-state index in [-0.39, 0.29) is 28.4 Å². The Hall–Kier alpha value is -3.24. The molecule has 0 unspecified atom stereocenters. The third-order valence-electron chi connectivity index (χ3n) is 2.84. The molecular weight excluding hydrogens is 270 g/mol. The molecule has 0 saturated carbocycles. The molecule has 0 atom stereocenters. The second kappa shape index (κ2) is 5.81. The normalized spacial score (nSPS) is 14.4. The van der Waals surface area contributed by atoms with Gasteiger partial charge in [0.05, 0.1) is 11.4 Å². The van der Waals surface area contributed by atoms with E-state index in [0.29, 0.717) is 5.69 Å². The molecule has 0 radical (unpaired) electrons. The molecule has 0 spiro atoms. The number of aliphatic carboxylic acids is 1. The quantitative estimate of drug-likeness (QED) is 0.408. The van der Waals surface area contributed by atoms with Crippen LogP contribution < -0.4 is 21.9 Å². The van der Waals surface area contributed by atoms with Crippen LogP contribution in [0, 0.1) is 11.3 Å². The highest BCUT2D eigenvalue weighted by molar-refractivity contribution is 5.95. The standard InChI is InChI=1S/C14H13N5O2/c1-8-10(7-15)12(19-16)11(14(20)21)13(17-8)18-9-5-3-2-4-6-9/h2-6,17-19H,1,16H2,(H,20,21). The number of nitriles is 1. The van der Waals surface area contributed by atoms with Crippen LogP contribution in [-0.4, -0.2) is 11.1 Å². The number of carboxylic acids is 1. The van der Waals surface area contributed by atoms with Gasteiger partial charge in [0, 0.05) is 5.69 Å². The van der Waals surface area contributed by atoms with E-state index in [2.05, 4.69) is 22.6 Å². The summed E-state index contributed by atoms with van der Waals surface area (Å²) in [7, 11) is 0. The lowest BCUT2D eigenvalue weighted by molar-refractivity contribution is -0.132. The molecule has 7 nitrogen and oxygen atoms in total. The number of rotatable bonds is 4. The average molecular weight is 283 g/mol. The molecule has 1 aliphatic rings. The van der Waals surface area contributed by atoms with Gasteiger partial charge >= 0.3 is 5.97 Å². The number of nitrogens with zero attached hydrogens (tertiary/aromatic N) is 1. The zero-order valence-electron chi connectivity index (χ0n) is 11.0. The predicted molar refractivity (Wildman–Crippen MR) is 77.0 cm³/mol. The van der Waals surface area contributed by atoms with E-state index in [1.54, 1.807) is 24.3 Å². The minimum atomic E-state index is -1.23. The van der Waals surface area contributed by atoms with Crippen LogP contribution in [-0.2, 0) is 4.79 Å². The summed E-state index contributed by atoms with van der Waals surface area (Å²) in [6, 6.07) is 10.9. The highest BCUT2D eigenvalue weighted by Crippen LogP contribution is 2.25. The van der Waals surface area contributed by atoms with Crippen LogP contribution in [0.2, 0.25) is 0 Å². The van der Waals surface area contributed by atoms with Gasteiger partial charge in [0.2, 0.25) is 0 Å². The second-order valence-electron chi connectivity index (χ2n) is 4.16. The van der Waals surface area contributed by atoms with Crippen molar-refractivity contribution in [2.45, 2.75) is 0 Å². The van der Waals surface area contributed by atoms with Gasteiger partial charge in [-0.05, 0) is 12.1 Å². The predicted octanol–water partition coefficient (Wildman–Crippen LogP) is 0.753. The Morgan fingerprint density at radius 3 is 2.57 bits per heavy atom. The first-order chi connectivity index (χ1) is 10.1. The monoisotopic (exact) mass is 283 g/mol. The molecule has 1 aromatic carbocycles. The summed E-state index contributed by atoms with van der Waals surface area (Å²) in [6.45, 7) is 3.70. The third-order valence-corrected chi connectivity index (χ3v) is 2.84. The van der Waals surface area contributed by atoms with Crippen LogP contribution in [0.5, 0.6) is 0 Å². The Bertz CT molecular complexity index is 698. The Kier molecular flexibility index (Phi) is 3.92. The van der Waals surface area contributed by atoms with Gasteiger partial charge in [-0.1, -0.05) is 24.8 Å². The zero-order valence-corrected chi connectivity index (χ0v) is 11.0. The molecule has 2 rings (SSSR count). The molecule has 1 aliphatic heterocycles. The smallest absolute Gasteiger partial charge is 0.341 e. The molecule has 0 fully saturated rings. The fourth-order valence-electron chi connectivity index (χ4n) is 1.92. The van der Waals surface area contributed by atoms with Crippen LogP contribution in [0.25, 0.3) is 0 Å². The molecule has 0 amide bonds. The third kappa shape index (κ3) is 2.70. The molecule has 1 heterocycles. The number of anilines is 1. The number of benzene rings is 1. The van der Waals surface area contributed by atoms with Crippen LogP contribution >= 0.6 is 0 Å². The van der Waals surface area contributed by atoms with Crippen LogP contribution in [0.15, 0.2) is 65.3 Å². The minimum Gasteiger partial charge on any atom is -0.477 e. The average Bonchev–Trinajstić information content (AvgIpc) is 2.47. The maximum Gasteiger partial charge on any atom is 0.341 e. The molecule has 7 heteroatoms. The summed E-state index contributed by atoms with van der Waals surface area (Å²) in [5, 5.41) is 24.2. The van der Waals surface area contributed by atoms with Crippen molar-refractivity contribution in [1.82, 2.24) is 10.7 Å². The van der Waals surface area contributed by atoms with Crippen molar-refractivity contribution in [2.24, 2.45) is 5.84 Å². The first-order valence-electron chi connectivity index (χ1n) is 5.95. The van der Waals surface area contributed by atoms with Gasteiger partial charge in [0.25, 0.3) is 0 Å². The van der Waals surface area contributed by atoms with E-state index in [0.717, 1.165) is 0 Å². The fraction of sp³-hybridized carbons (Fsp3) is 0. The number of allylic oxidation sites excluding steroid dienone is 1. The lowest BCUT2D eigenvalue weighted by Gasteiger charge is -2.25. The van der Waals surface area contributed by atoms with E-state index in [1.165, 1.54) is 0 Å². The number of hydrogen-bond acceptors (Lipinski definition) is 6. The highest BCUT2D eigenvalue weighted by Gasteiger charge is 2.28. The summed E-state index contributed by atoms with van der Waals surface area (Å²) in [6.07, 6.45) is 0. The zero-order chi connectivity index (χ0) is 15.4. The van der Waals surface area contributed by atoms with Gasteiger partial charge in [-0.3, -0.25) is 5.84 Å². The lowest BCUT2D eigenvalue weighted by Crippen LogP contribution is -2.36. The number of hydrazine groups is 1. The van der Waals surface area contributed by atoms with Crippen molar-refractivity contribution in [2.75, 3.05) is 5.32 Å². The molecule has 0 bridgehead atoms. The number of para-hydroxylation sites is 1. The molecule has 0 saturated heterocycles. The Labute approximate surface area is 121 Å². The molecule has 0 aromatic heterocycles. The SMILES string of the molecule is C=C1NC(Nc2ccccc2)=C(C(=O)O)C(NN)=C1C#N.